The number of nitro groups is 1. The summed E-state index contributed by atoms with van der Waals surface area (Å²) in [6.45, 7) is 4.75. The lowest BCUT2D eigenvalue weighted by Gasteiger charge is -2.34. The third-order valence-electron chi connectivity index (χ3n) is 4.63. The molecule has 1 N–H and O–H groups in total. The van der Waals surface area contributed by atoms with Crippen molar-refractivity contribution in [3.8, 4) is 0 Å². The second-order valence-corrected chi connectivity index (χ2v) is 6.31. The van der Waals surface area contributed by atoms with Gasteiger partial charge in [0.15, 0.2) is 0 Å². The van der Waals surface area contributed by atoms with E-state index in [9.17, 15) is 10.1 Å². The minimum absolute atomic E-state index is 0.248. The van der Waals surface area contributed by atoms with Crippen molar-refractivity contribution >= 4 is 11.4 Å². The summed E-state index contributed by atoms with van der Waals surface area (Å²) in [5, 5.41) is 14.9. The number of hydrogen-bond acceptors (Lipinski definition) is 4. The minimum atomic E-state index is -0.248. The Balaban J connectivity index is 1.63. The van der Waals surface area contributed by atoms with Gasteiger partial charge in [-0.05, 0) is 51.1 Å². The van der Waals surface area contributed by atoms with Crippen molar-refractivity contribution in [1.82, 2.24) is 5.32 Å². The number of anilines is 1. The van der Waals surface area contributed by atoms with Crippen molar-refractivity contribution in [2.24, 2.45) is 5.92 Å². The molecular weight excluding hydrogens is 266 g/mol. The van der Waals surface area contributed by atoms with E-state index in [0.29, 0.717) is 6.04 Å². The van der Waals surface area contributed by atoms with Gasteiger partial charge in [-0.3, -0.25) is 10.1 Å². The van der Waals surface area contributed by atoms with Crippen LogP contribution in [-0.2, 0) is 0 Å². The summed E-state index contributed by atoms with van der Waals surface area (Å²) in [7, 11) is 0. The Morgan fingerprint density at radius 1 is 1.29 bits per heavy atom. The first-order valence-electron chi connectivity index (χ1n) is 7.87. The van der Waals surface area contributed by atoms with Gasteiger partial charge in [-0.2, -0.15) is 0 Å². The second kappa shape index (κ2) is 6.02. The van der Waals surface area contributed by atoms with Crippen LogP contribution in [0.1, 0.15) is 31.2 Å². The van der Waals surface area contributed by atoms with Crippen molar-refractivity contribution in [1.29, 1.82) is 0 Å². The van der Waals surface area contributed by atoms with Crippen LogP contribution in [0.4, 0.5) is 11.4 Å². The van der Waals surface area contributed by atoms with Crippen LogP contribution in [0.3, 0.4) is 0 Å². The molecule has 2 fully saturated rings. The zero-order valence-electron chi connectivity index (χ0n) is 12.5. The van der Waals surface area contributed by atoms with E-state index in [-0.39, 0.29) is 10.6 Å². The summed E-state index contributed by atoms with van der Waals surface area (Å²) in [5.74, 6) is 0.904. The summed E-state index contributed by atoms with van der Waals surface area (Å²) < 4.78 is 0. The molecule has 0 amide bonds. The number of benzene rings is 1. The number of nitro benzene ring substituents is 1. The second-order valence-electron chi connectivity index (χ2n) is 6.31. The number of hydrogen-bond donors (Lipinski definition) is 1. The normalized spacial score (nSPS) is 19.8. The van der Waals surface area contributed by atoms with E-state index in [1.807, 2.05) is 25.1 Å². The van der Waals surface area contributed by atoms with Gasteiger partial charge < -0.3 is 10.2 Å². The molecule has 0 atom stereocenters. The van der Waals surface area contributed by atoms with Crippen molar-refractivity contribution in [3.63, 3.8) is 0 Å². The molecular formula is C16H23N3O2. The highest BCUT2D eigenvalue weighted by Gasteiger charge is 2.27. The SMILES string of the molecule is Cc1cccc(N2CCC(NCC3CC3)CC2)c1[N+](=O)[O-]. The zero-order chi connectivity index (χ0) is 14.8. The van der Waals surface area contributed by atoms with Crippen molar-refractivity contribution in [2.75, 3.05) is 24.5 Å². The fourth-order valence-corrected chi connectivity index (χ4v) is 3.12. The van der Waals surface area contributed by atoms with Crippen molar-refractivity contribution < 1.29 is 4.92 Å². The summed E-state index contributed by atoms with van der Waals surface area (Å²) in [6, 6.07) is 6.18. The number of piperidine rings is 1. The first-order valence-corrected chi connectivity index (χ1v) is 7.87. The third-order valence-corrected chi connectivity index (χ3v) is 4.63. The number of rotatable bonds is 5. The highest BCUT2D eigenvalue weighted by Crippen LogP contribution is 2.33. The van der Waals surface area contributed by atoms with Gasteiger partial charge in [-0.15, -0.1) is 0 Å². The summed E-state index contributed by atoms with van der Waals surface area (Å²) >= 11 is 0. The van der Waals surface area contributed by atoms with Gasteiger partial charge in [0.05, 0.1) is 4.92 Å². The number of nitrogens with one attached hydrogen (secondary N) is 1. The predicted octanol–water partition coefficient (Wildman–Crippen LogP) is 2.87. The fraction of sp³-hybridized carbons (Fsp3) is 0.625. The standard InChI is InChI=1S/C16H23N3O2/c1-12-3-2-4-15(16(12)19(20)21)18-9-7-14(8-10-18)17-11-13-5-6-13/h2-4,13-14,17H,5-11H2,1H3. The Morgan fingerprint density at radius 3 is 2.62 bits per heavy atom. The third kappa shape index (κ3) is 3.35. The quantitative estimate of drug-likeness (QED) is 0.669. The molecule has 1 aliphatic heterocycles. The maximum atomic E-state index is 11.3. The molecule has 1 aromatic rings. The van der Waals surface area contributed by atoms with Crippen LogP contribution in [0.25, 0.3) is 0 Å². The first kappa shape index (κ1) is 14.3. The molecule has 1 aliphatic carbocycles. The molecule has 1 saturated heterocycles. The Kier molecular flexibility index (Phi) is 4.10. The van der Waals surface area contributed by atoms with Gasteiger partial charge in [0.25, 0.3) is 5.69 Å². The molecule has 0 unspecified atom stereocenters. The van der Waals surface area contributed by atoms with Gasteiger partial charge in [0, 0.05) is 24.7 Å². The molecule has 21 heavy (non-hydrogen) atoms. The highest BCUT2D eigenvalue weighted by molar-refractivity contribution is 5.66. The Bertz CT molecular complexity index is 520. The summed E-state index contributed by atoms with van der Waals surface area (Å²) in [5.41, 5.74) is 1.79. The highest BCUT2D eigenvalue weighted by atomic mass is 16.6. The smallest absolute Gasteiger partial charge is 0.295 e. The van der Waals surface area contributed by atoms with E-state index < -0.39 is 0 Å². The molecule has 0 aromatic heterocycles. The molecule has 3 rings (SSSR count). The zero-order valence-corrected chi connectivity index (χ0v) is 12.5. The largest absolute Gasteiger partial charge is 0.366 e. The van der Waals surface area contributed by atoms with Gasteiger partial charge in [-0.1, -0.05) is 12.1 Å². The van der Waals surface area contributed by atoms with Crippen molar-refractivity contribution in [2.45, 2.75) is 38.6 Å². The van der Waals surface area contributed by atoms with Crippen LogP contribution >= 0.6 is 0 Å². The molecule has 0 radical (unpaired) electrons. The topological polar surface area (TPSA) is 58.4 Å². The van der Waals surface area contributed by atoms with Crippen LogP contribution in [0.2, 0.25) is 0 Å². The number of para-hydroxylation sites is 1. The van der Waals surface area contributed by atoms with Crippen molar-refractivity contribution in [3.05, 3.63) is 33.9 Å². The molecule has 1 heterocycles. The summed E-state index contributed by atoms with van der Waals surface area (Å²) in [4.78, 5) is 13.2. The molecule has 1 saturated carbocycles. The van der Waals surface area contributed by atoms with Gasteiger partial charge >= 0.3 is 0 Å². The first-order chi connectivity index (χ1) is 10.1. The van der Waals surface area contributed by atoms with Crippen LogP contribution < -0.4 is 10.2 Å². The molecule has 114 valence electrons. The number of aryl methyl sites for hydroxylation is 1. The van der Waals surface area contributed by atoms with Gasteiger partial charge in [-0.25, -0.2) is 0 Å². The molecule has 5 heteroatoms. The fourth-order valence-electron chi connectivity index (χ4n) is 3.12. The van der Waals surface area contributed by atoms with E-state index in [4.69, 9.17) is 0 Å². The number of nitrogens with zero attached hydrogens (tertiary/aromatic N) is 2. The minimum Gasteiger partial charge on any atom is -0.366 e. The maximum absolute atomic E-state index is 11.3. The Hall–Kier alpha value is -1.62. The lowest BCUT2D eigenvalue weighted by molar-refractivity contribution is -0.384. The van der Waals surface area contributed by atoms with Gasteiger partial charge in [0.1, 0.15) is 5.69 Å². The summed E-state index contributed by atoms with van der Waals surface area (Å²) in [6.07, 6.45) is 4.89. The lowest BCUT2D eigenvalue weighted by Crippen LogP contribution is -2.43. The lowest BCUT2D eigenvalue weighted by atomic mass is 10.0. The Labute approximate surface area is 125 Å². The van der Waals surface area contributed by atoms with E-state index in [1.54, 1.807) is 0 Å². The average Bonchev–Trinajstić information content (AvgIpc) is 3.29. The van der Waals surface area contributed by atoms with E-state index in [0.717, 1.165) is 49.6 Å². The molecule has 1 aromatic carbocycles. The average molecular weight is 289 g/mol. The Morgan fingerprint density at radius 2 is 2.00 bits per heavy atom. The van der Waals surface area contributed by atoms with E-state index in [2.05, 4.69) is 10.2 Å². The predicted molar refractivity (Wildman–Crippen MR) is 83.8 cm³/mol. The van der Waals surface area contributed by atoms with Gasteiger partial charge in [0.2, 0.25) is 0 Å². The molecule has 2 aliphatic rings. The van der Waals surface area contributed by atoms with E-state index in [1.165, 1.54) is 12.8 Å². The molecule has 0 bridgehead atoms. The monoisotopic (exact) mass is 289 g/mol. The van der Waals surface area contributed by atoms with Crippen LogP contribution in [0.15, 0.2) is 18.2 Å². The maximum Gasteiger partial charge on any atom is 0.295 e. The van der Waals surface area contributed by atoms with E-state index >= 15 is 0 Å². The molecule has 5 nitrogen and oxygen atoms in total. The van der Waals surface area contributed by atoms with Crippen LogP contribution in [0, 0.1) is 23.0 Å². The molecule has 0 spiro atoms. The van der Waals surface area contributed by atoms with Crippen LogP contribution in [-0.4, -0.2) is 30.6 Å². The van der Waals surface area contributed by atoms with Crippen LogP contribution in [0.5, 0.6) is 0 Å².